The van der Waals surface area contributed by atoms with Crippen molar-refractivity contribution in [2.45, 2.75) is 29.8 Å². The second kappa shape index (κ2) is 8.89. The van der Waals surface area contributed by atoms with Crippen LogP contribution in [0.15, 0.2) is 47.6 Å². The minimum Gasteiger partial charge on any atom is -0.468 e. The number of fused-ring (bicyclic) bond motifs is 1. The first-order valence-electron chi connectivity index (χ1n) is 9.89. The van der Waals surface area contributed by atoms with E-state index in [0.717, 1.165) is 25.2 Å². The molecule has 3 aromatic rings. The van der Waals surface area contributed by atoms with E-state index in [1.54, 1.807) is 12.1 Å². The summed E-state index contributed by atoms with van der Waals surface area (Å²) in [6, 6.07) is 13.3. The number of carbonyl (C=O) groups excluding carboxylic acids is 2. The molecule has 2 aromatic carbocycles. The molecule has 1 amide bonds. The molecule has 0 spiro atoms. The van der Waals surface area contributed by atoms with Crippen LogP contribution in [0.25, 0.3) is 11.0 Å². The number of H-pyrrole nitrogens is 1. The summed E-state index contributed by atoms with van der Waals surface area (Å²) in [5.74, 6) is -0.898. The zero-order chi connectivity index (χ0) is 21.1. The van der Waals surface area contributed by atoms with E-state index in [1.165, 1.54) is 37.3 Å². The smallest absolute Gasteiger partial charge is 0.323 e. The van der Waals surface area contributed by atoms with E-state index < -0.39 is 11.2 Å². The zero-order valence-electron chi connectivity index (χ0n) is 16.8. The molecule has 1 aromatic heterocycles. The summed E-state index contributed by atoms with van der Waals surface area (Å²) in [5.41, 5.74) is 9.05. The number of para-hydroxylation sites is 1. The van der Waals surface area contributed by atoms with Gasteiger partial charge in [0.05, 0.1) is 18.2 Å². The van der Waals surface area contributed by atoms with Gasteiger partial charge in [-0.15, -0.1) is 0 Å². The van der Waals surface area contributed by atoms with Crippen molar-refractivity contribution in [1.82, 2.24) is 14.9 Å². The molecule has 1 atom stereocenters. The maximum atomic E-state index is 12.5. The van der Waals surface area contributed by atoms with E-state index in [0.29, 0.717) is 21.8 Å². The Morgan fingerprint density at radius 2 is 1.93 bits per heavy atom. The van der Waals surface area contributed by atoms with Crippen LogP contribution in [-0.4, -0.2) is 46.9 Å². The number of aromatic nitrogens is 2. The molecule has 8 heteroatoms. The Morgan fingerprint density at radius 3 is 2.60 bits per heavy atom. The lowest BCUT2D eigenvalue weighted by Gasteiger charge is -2.16. The van der Waals surface area contributed by atoms with E-state index >= 15 is 0 Å². The Morgan fingerprint density at radius 1 is 1.20 bits per heavy atom. The Bertz CT molecular complexity index is 1060. The average Bonchev–Trinajstić information content (AvgIpc) is 3.41. The number of hydrogen-bond acceptors (Lipinski definition) is 6. The van der Waals surface area contributed by atoms with Crippen LogP contribution in [0.4, 0.5) is 0 Å². The molecule has 7 nitrogen and oxygen atoms in total. The molecule has 0 saturated carbocycles. The normalized spacial score (nSPS) is 15.4. The van der Waals surface area contributed by atoms with Crippen molar-refractivity contribution in [3.05, 3.63) is 59.2 Å². The summed E-state index contributed by atoms with van der Waals surface area (Å²) in [4.78, 5) is 34.3. The number of methoxy groups -OCH3 is 1. The molecule has 1 saturated heterocycles. The van der Waals surface area contributed by atoms with Gasteiger partial charge >= 0.3 is 5.97 Å². The van der Waals surface area contributed by atoms with Crippen LogP contribution in [0.2, 0.25) is 0 Å². The zero-order valence-corrected chi connectivity index (χ0v) is 17.6. The number of carbonyl (C=O) groups is 2. The van der Waals surface area contributed by atoms with Gasteiger partial charge in [-0.05, 0) is 49.2 Å². The predicted molar refractivity (Wildman–Crippen MR) is 116 cm³/mol. The van der Waals surface area contributed by atoms with Gasteiger partial charge in [0, 0.05) is 6.54 Å². The number of likely N-dealkylation sites (tertiary alicyclic amines) is 1. The molecule has 2 heterocycles. The van der Waals surface area contributed by atoms with E-state index in [1.807, 2.05) is 18.2 Å². The van der Waals surface area contributed by atoms with Crippen molar-refractivity contribution < 1.29 is 14.3 Å². The molecule has 4 rings (SSSR count). The summed E-state index contributed by atoms with van der Waals surface area (Å²) in [6.07, 6.45) is 2.52. The number of imidazole rings is 1. The molecule has 0 radical (unpaired) electrons. The first kappa shape index (κ1) is 20.4. The molecule has 1 aliphatic heterocycles. The molecule has 30 heavy (non-hydrogen) atoms. The quantitative estimate of drug-likeness (QED) is 0.446. The average molecular weight is 425 g/mol. The number of esters is 1. The number of benzene rings is 2. The Labute approximate surface area is 179 Å². The monoisotopic (exact) mass is 424 g/mol. The van der Waals surface area contributed by atoms with Crippen molar-refractivity contribution in [3.8, 4) is 0 Å². The first-order chi connectivity index (χ1) is 14.5. The highest BCUT2D eigenvalue weighted by Crippen LogP contribution is 2.36. The third-order valence-electron chi connectivity index (χ3n) is 5.29. The van der Waals surface area contributed by atoms with Gasteiger partial charge in [0.15, 0.2) is 5.16 Å². The lowest BCUT2D eigenvalue weighted by molar-refractivity contribution is -0.140. The van der Waals surface area contributed by atoms with Crippen molar-refractivity contribution in [2.24, 2.45) is 5.73 Å². The first-order valence-corrected chi connectivity index (χ1v) is 10.8. The molecule has 0 aliphatic carbocycles. The number of nitrogens with two attached hydrogens (primary N) is 1. The number of nitrogens with one attached hydrogen (secondary N) is 1. The van der Waals surface area contributed by atoms with Gasteiger partial charge in [-0.3, -0.25) is 14.5 Å². The Kier molecular flexibility index (Phi) is 6.06. The minimum absolute atomic E-state index is 0.344. The van der Waals surface area contributed by atoms with Crippen LogP contribution in [0, 0.1) is 0 Å². The second-order valence-electron chi connectivity index (χ2n) is 7.35. The topological polar surface area (TPSA) is 101 Å². The second-order valence-corrected chi connectivity index (χ2v) is 8.45. The lowest BCUT2D eigenvalue weighted by Crippen LogP contribution is -2.18. The highest BCUT2D eigenvalue weighted by Gasteiger charge is 2.25. The van der Waals surface area contributed by atoms with Gasteiger partial charge < -0.3 is 15.5 Å². The molecule has 0 bridgehead atoms. The fourth-order valence-electron chi connectivity index (χ4n) is 3.73. The van der Waals surface area contributed by atoms with Gasteiger partial charge in [0.1, 0.15) is 10.8 Å². The molecular weight excluding hydrogens is 400 g/mol. The largest absolute Gasteiger partial charge is 0.468 e. The predicted octanol–water partition coefficient (Wildman–Crippen LogP) is 3.26. The van der Waals surface area contributed by atoms with Gasteiger partial charge in [-0.25, -0.2) is 4.98 Å². The number of aromatic amines is 1. The maximum absolute atomic E-state index is 12.5. The third kappa shape index (κ3) is 4.34. The number of thioether (sulfide) groups is 1. The Balaban J connectivity index is 1.57. The van der Waals surface area contributed by atoms with Crippen LogP contribution < -0.4 is 5.73 Å². The fourth-order valence-corrected chi connectivity index (χ4v) is 4.75. The van der Waals surface area contributed by atoms with Crippen molar-refractivity contribution in [1.29, 1.82) is 0 Å². The SMILES string of the molecule is COC(=O)C(Sc1nc2c(C(N)=O)cccc2[nH]1)c1ccc(CN2CCCC2)cc1. The van der Waals surface area contributed by atoms with Crippen molar-refractivity contribution in [3.63, 3.8) is 0 Å². The maximum Gasteiger partial charge on any atom is 0.323 e. The van der Waals surface area contributed by atoms with Crippen LogP contribution in [0.1, 0.15) is 39.6 Å². The number of ether oxygens (including phenoxy) is 1. The number of hydrogen-bond donors (Lipinski definition) is 2. The van der Waals surface area contributed by atoms with E-state index in [-0.39, 0.29) is 5.97 Å². The van der Waals surface area contributed by atoms with E-state index in [9.17, 15) is 9.59 Å². The summed E-state index contributed by atoms with van der Waals surface area (Å²) in [7, 11) is 1.38. The molecule has 156 valence electrons. The number of amides is 1. The van der Waals surface area contributed by atoms with E-state index in [2.05, 4.69) is 27.0 Å². The Hall–Kier alpha value is -2.84. The van der Waals surface area contributed by atoms with Crippen molar-refractivity contribution in [2.75, 3.05) is 20.2 Å². The van der Waals surface area contributed by atoms with Crippen LogP contribution in [0.3, 0.4) is 0 Å². The molecule has 1 fully saturated rings. The summed E-state index contributed by atoms with van der Waals surface area (Å²) in [5, 5.41) is -0.0522. The molecule has 1 unspecified atom stereocenters. The number of nitrogens with zero attached hydrogens (tertiary/aromatic N) is 2. The standard InChI is InChI=1S/C22H24N4O3S/c1-29-21(28)19(15-9-7-14(8-10-15)13-26-11-2-3-12-26)30-22-24-17-6-4-5-16(20(23)27)18(17)25-22/h4-10,19H,2-3,11-13H2,1H3,(H2,23,27)(H,24,25). The van der Waals surface area contributed by atoms with Crippen molar-refractivity contribution >= 4 is 34.7 Å². The highest BCUT2D eigenvalue weighted by atomic mass is 32.2. The molecule has 3 N–H and O–H groups in total. The van der Waals surface area contributed by atoms with Gasteiger partial charge in [-0.1, -0.05) is 42.1 Å². The van der Waals surface area contributed by atoms with Gasteiger partial charge in [0.2, 0.25) is 0 Å². The van der Waals surface area contributed by atoms with E-state index in [4.69, 9.17) is 10.5 Å². The number of rotatable bonds is 7. The van der Waals surface area contributed by atoms with Crippen LogP contribution in [-0.2, 0) is 16.1 Å². The number of primary amides is 1. The summed E-state index contributed by atoms with van der Waals surface area (Å²) >= 11 is 1.26. The highest BCUT2D eigenvalue weighted by molar-refractivity contribution is 8.00. The van der Waals surface area contributed by atoms with Gasteiger partial charge in [-0.2, -0.15) is 0 Å². The molecular formula is C22H24N4O3S. The van der Waals surface area contributed by atoms with Gasteiger partial charge in [0.25, 0.3) is 5.91 Å². The minimum atomic E-state index is -0.576. The summed E-state index contributed by atoms with van der Waals surface area (Å²) < 4.78 is 5.03. The lowest BCUT2D eigenvalue weighted by atomic mass is 10.1. The van der Waals surface area contributed by atoms with Crippen LogP contribution in [0.5, 0.6) is 0 Å². The molecule has 1 aliphatic rings. The fraction of sp³-hybridized carbons (Fsp3) is 0.318. The summed E-state index contributed by atoms with van der Waals surface area (Å²) in [6.45, 7) is 3.21. The third-order valence-corrected chi connectivity index (χ3v) is 6.41. The van der Waals surface area contributed by atoms with Crippen LogP contribution >= 0.6 is 11.8 Å².